The second kappa shape index (κ2) is 9.48. The second-order valence-electron chi connectivity index (χ2n) is 5.78. The highest BCUT2D eigenvalue weighted by molar-refractivity contribution is 7.89. The van der Waals surface area contributed by atoms with Crippen LogP contribution >= 0.6 is 0 Å². The van der Waals surface area contributed by atoms with Gasteiger partial charge in [0, 0.05) is 7.05 Å². The molecule has 0 aliphatic heterocycles. The van der Waals surface area contributed by atoms with E-state index in [-0.39, 0.29) is 18.1 Å². The molecule has 146 valence electrons. The zero-order chi connectivity index (χ0) is 19.9. The van der Waals surface area contributed by atoms with Gasteiger partial charge in [0.1, 0.15) is 31.3 Å². The summed E-state index contributed by atoms with van der Waals surface area (Å²) in [5.74, 6) is -0.559. The fourth-order valence-electron chi connectivity index (χ4n) is 2.27. The molecule has 0 aromatic heterocycles. The molecule has 0 atom stereocenters. The Morgan fingerprint density at radius 2 is 1.81 bits per heavy atom. The van der Waals surface area contributed by atoms with E-state index in [1.807, 2.05) is 31.2 Å². The van der Waals surface area contributed by atoms with Gasteiger partial charge in [-0.1, -0.05) is 19.1 Å². The Balaban J connectivity index is 1.80. The van der Waals surface area contributed by atoms with Crippen molar-refractivity contribution in [2.24, 2.45) is 0 Å². The van der Waals surface area contributed by atoms with Crippen molar-refractivity contribution in [3.63, 3.8) is 0 Å². The van der Waals surface area contributed by atoms with Crippen LogP contribution in [-0.4, -0.2) is 45.5 Å². The number of esters is 1. The second-order valence-corrected chi connectivity index (χ2v) is 7.83. The number of rotatable bonds is 9. The third-order valence-electron chi connectivity index (χ3n) is 3.80. The molecule has 0 spiro atoms. The van der Waals surface area contributed by atoms with Gasteiger partial charge in [0.15, 0.2) is 0 Å². The van der Waals surface area contributed by atoms with Gasteiger partial charge in [-0.15, -0.1) is 0 Å². The van der Waals surface area contributed by atoms with Crippen molar-refractivity contribution in [2.45, 2.75) is 18.2 Å². The summed E-state index contributed by atoms with van der Waals surface area (Å²) in [5, 5.41) is 0. The molecule has 0 saturated heterocycles. The molecular weight excluding hydrogens is 373 g/mol. The molecule has 2 aromatic rings. The van der Waals surface area contributed by atoms with Gasteiger partial charge in [0.2, 0.25) is 10.0 Å². The molecule has 0 unspecified atom stereocenters. The van der Waals surface area contributed by atoms with E-state index in [0.717, 1.165) is 40.6 Å². The number of carbonyl (C=O) groups is 1. The summed E-state index contributed by atoms with van der Waals surface area (Å²) in [7, 11) is -2.64. The highest BCUT2D eigenvalue weighted by Gasteiger charge is 2.23. The van der Waals surface area contributed by atoms with Crippen LogP contribution in [0.5, 0.6) is 5.75 Å². The number of aryl methyl sites for hydroxylation is 1. The fourth-order valence-corrected chi connectivity index (χ4v) is 3.38. The first-order chi connectivity index (χ1) is 12.8. The van der Waals surface area contributed by atoms with Crippen LogP contribution < -0.4 is 4.74 Å². The van der Waals surface area contributed by atoms with Crippen molar-refractivity contribution in [1.29, 1.82) is 0 Å². The Hall–Kier alpha value is -2.45. The van der Waals surface area contributed by atoms with Crippen molar-refractivity contribution >= 4 is 16.0 Å². The molecule has 6 nitrogen and oxygen atoms in total. The number of benzene rings is 2. The number of sulfonamides is 1. The summed E-state index contributed by atoms with van der Waals surface area (Å²) in [6.07, 6.45) is 0.890. The molecule has 27 heavy (non-hydrogen) atoms. The van der Waals surface area contributed by atoms with Crippen LogP contribution in [0.2, 0.25) is 0 Å². The van der Waals surface area contributed by atoms with E-state index in [2.05, 4.69) is 0 Å². The minimum Gasteiger partial charge on any atom is -0.490 e. The number of hydrogen-bond donors (Lipinski definition) is 0. The molecule has 0 amide bonds. The van der Waals surface area contributed by atoms with Crippen LogP contribution in [-0.2, 0) is 26.0 Å². The highest BCUT2D eigenvalue weighted by Crippen LogP contribution is 2.15. The van der Waals surface area contributed by atoms with E-state index in [9.17, 15) is 17.6 Å². The normalized spacial score (nSPS) is 11.4. The van der Waals surface area contributed by atoms with Gasteiger partial charge in [-0.2, -0.15) is 4.31 Å². The predicted molar refractivity (Wildman–Crippen MR) is 98.5 cm³/mol. The van der Waals surface area contributed by atoms with Gasteiger partial charge in [-0.25, -0.2) is 12.8 Å². The van der Waals surface area contributed by atoms with Crippen LogP contribution in [0, 0.1) is 5.82 Å². The summed E-state index contributed by atoms with van der Waals surface area (Å²) in [6.45, 7) is 1.75. The van der Waals surface area contributed by atoms with Crippen LogP contribution in [0.4, 0.5) is 4.39 Å². The Kier molecular flexibility index (Phi) is 7.32. The van der Waals surface area contributed by atoms with Crippen molar-refractivity contribution < 1.29 is 27.1 Å². The number of halogens is 1. The smallest absolute Gasteiger partial charge is 0.321 e. The van der Waals surface area contributed by atoms with Crippen molar-refractivity contribution in [3.8, 4) is 5.75 Å². The molecule has 0 bridgehead atoms. The van der Waals surface area contributed by atoms with Crippen LogP contribution in [0.1, 0.15) is 12.5 Å². The number of nitrogens with zero attached hydrogens (tertiary/aromatic N) is 1. The lowest BCUT2D eigenvalue weighted by atomic mass is 10.2. The zero-order valence-electron chi connectivity index (χ0n) is 15.2. The average molecular weight is 395 g/mol. The Morgan fingerprint density at radius 1 is 1.11 bits per heavy atom. The average Bonchev–Trinajstić information content (AvgIpc) is 2.65. The SMILES string of the molecule is CCc1cccc(OCCOC(=O)CN(C)S(=O)(=O)c2ccc(F)cc2)c1. The maximum atomic E-state index is 12.9. The fraction of sp³-hybridized carbons (Fsp3) is 0.316. The topological polar surface area (TPSA) is 72.9 Å². The van der Waals surface area contributed by atoms with Crippen molar-refractivity contribution in [3.05, 3.63) is 59.9 Å². The Morgan fingerprint density at radius 3 is 2.48 bits per heavy atom. The van der Waals surface area contributed by atoms with Gasteiger partial charge >= 0.3 is 5.97 Å². The monoisotopic (exact) mass is 395 g/mol. The van der Waals surface area contributed by atoms with E-state index in [1.165, 1.54) is 7.05 Å². The van der Waals surface area contributed by atoms with E-state index < -0.39 is 28.4 Å². The highest BCUT2D eigenvalue weighted by atomic mass is 32.2. The summed E-state index contributed by atoms with van der Waals surface area (Å²) in [4.78, 5) is 11.8. The molecule has 2 rings (SSSR count). The molecule has 8 heteroatoms. The lowest BCUT2D eigenvalue weighted by Crippen LogP contribution is -2.33. The first kappa shape index (κ1) is 20.9. The number of ether oxygens (including phenoxy) is 2. The lowest BCUT2D eigenvalue weighted by molar-refractivity contribution is -0.144. The van der Waals surface area contributed by atoms with Crippen molar-refractivity contribution in [1.82, 2.24) is 4.31 Å². The van der Waals surface area contributed by atoms with Crippen molar-refractivity contribution in [2.75, 3.05) is 26.8 Å². The van der Waals surface area contributed by atoms with E-state index in [1.54, 1.807) is 0 Å². The first-order valence-electron chi connectivity index (χ1n) is 8.42. The lowest BCUT2D eigenvalue weighted by Gasteiger charge is -2.16. The van der Waals surface area contributed by atoms with Crippen LogP contribution in [0.15, 0.2) is 53.4 Å². The predicted octanol–water partition coefficient (Wildman–Crippen LogP) is 2.63. The Bertz CT molecular complexity index is 868. The van der Waals surface area contributed by atoms with Gasteiger partial charge in [0.05, 0.1) is 4.90 Å². The summed E-state index contributed by atoms with van der Waals surface area (Å²) in [5.41, 5.74) is 1.14. The number of likely N-dealkylation sites (N-methyl/N-ethyl adjacent to an activating group) is 1. The third kappa shape index (κ3) is 6.04. The van der Waals surface area contributed by atoms with Crippen LogP contribution in [0.25, 0.3) is 0 Å². The molecule has 2 aromatic carbocycles. The van der Waals surface area contributed by atoms with Crippen LogP contribution in [0.3, 0.4) is 0 Å². The summed E-state index contributed by atoms with van der Waals surface area (Å²) < 4.78 is 49.0. The number of carbonyl (C=O) groups excluding carboxylic acids is 1. The molecule has 0 heterocycles. The molecule has 0 fully saturated rings. The molecule has 0 radical (unpaired) electrons. The molecule has 0 N–H and O–H groups in total. The van der Waals surface area contributed by atoms with E-state index in [4.69, 9.17) is 9.47 Å². The zero-order valence-corrected chi connectivity index (χ0v) is 16.0. The molecule has 0 saturated carbocycles. The largest absolute Gasteiger partial charge is 0.490 e. The summed E-state index contributed by atoms with van der Waals surface area (Å²) >= 11 is 0. The third-order valence-corrected chi connectivity index (χ3v) is 5.61. The molecule has 0 aliphatic carbocycles. The van der Waals surface area contributed by atoms with Gasteiger partial charge < -0.3 is 9.47 Å². The van der Waals surface area contributed by atoms with Gasteiger partial charge in [-0.05, 0) is 48.4 Å². The van der Waals surface area contributed by atoms with Gasteiger partial charge in [-0.3, -0.25) is 4.79 Å². The minimum absolute atomic E-state index is 0.000375. The minimum atomic E-state index is -3.90. The standard InChI is InChI=1S/C19H22FNO5S/c1-3-15-5-4-6-17(13-15)25-11-12-26-19(22)14-21(2)27(23,24)18-9-7-16(20)8-10-18/h4-10,13H,3,11-12,14H2,1-2H3. The Labute approximate surface area is 158 Å². The first-order valence-corrected chi connectivity index (χ1v) is 9.86. The van der Waals surface area contributed by atoms with E-state index in [0.29, 0.717) is 5.75 Å². The van der Waals surface area contributed by atoms with E-state index >= 15 is 0 Å². The molecular formula is C19H22FNO5S. The summed E-state index contributed by atoms with van der Waals surface area (Å²) in [6, 6.07) is 12.0. The maximum Gasteiger partial charge on any atom is 0.321 e. The maximum absolute atomic E-state index is 12.9. The molecule has 0 aliphatic rings. The van der Waals surface area contributed by atoms with Gasteiger partial charge in [0.25, 0.3) is 0 Å². The number of hydrogen-bond acceptors (Lipinski definition) is 5. The quantitative estimate of drug-likeness (QED) is 0.482.